The second-order valence-corrected chi connectivity index (χ2v) is 25.9. The standard InChI is InChI=1S/C64H63NSi/c1-61(2)37-38-63(5,6)56-43-47(31-35-54(56)61)45-19-17-20-49(41-45)65(57-27-18-26-55-60(57)64(7,8)40-39-62(55,3)4)48-33-29-44(30-34-48)46-32-36-59-53(42-46)52-25-15-16-28-58(52)66(59,50-21-11-9-12-22-50)51-23-13-10-14-24-51/h9-36,41-43H,37-40H2,1-8H3. The van der Waals surface area contributed by atoms with E-state index >= 15 is 0 Å². The third-order valence-corrected chi connectivity index (χ3v) is 21.2. The van der Waals surface area contributed by atoms with Crippen molar-refractivity contribution in [2.45, 2.75) is 103 Å². The number of rotatable bonds is 7. The molecule has 0 aromatic heterocycles. The second-order valence-electron chi connectivity index (χ2n) is 22.2. The van der Waals surface area contributed by atoms with Gasteiger partial charge in [0.1, 0.15) is 0 Å². The van der Waals surface area contributed by atoms with E-state index in [0.29, 0.717) is 0 Å². The zero-order valence-electron chi connectivity index (χ0n) is 40.2. The Labute approximate surface area is 395 Å². The van der Waals surface area contributed by atoms with Crippen LogP contribution in [0.3, 0.4) is 0 Å². The Balaban J connectivity index is 1.05. The Morgan fingerprint density at radius 3 is 1.58 bits per heavy atom. The Hall–Kier alpha value is -6.22. The van der Waals surface area contributed by atoms with E-state index in [1.807, 2.05) is 0 Å². The third kappa shape index (κ3) is 6.70. The van der Waals surface area contributed by atoms with Crippen LogP contribution in [0.15, 0.2) is 188 Å². The molecule has 1 aliphatic heterocycles. The molecule has 0 bridgehead atoms. The molecule has 0 saturated heterocycles. The number of anilines is 3. The molecule has 0 spiro atoms. The molecule has 0 radical (unpaired) electrons. The van der Waals surface area contributed by atoms with Crippen molar-refractivity contribution < 1.29 is 0 Å². The summed E-state index contributed by atoms with van der Waals surface area (Å²) in [5.74, 6) is 0. The minimum atomic E-state index is -2.54. The molecule has 66 heavy (non-hydrogen) atoms. The summed E-state index contributed by atoms with van der Waals surface area (Å²) in [4.78, 5) is 2.55. The first-order valence-electron chi connectivity index (χ1n) is 24.3. The minimum Gasteiger partial charge on any atom is -0.310 e. The first kappa shape index (κ1) is 42.4. The lowest BCUT2D eigenvalue weighted by Gasteiger charge is -2.44. The normalized spacial score (nSPS) is 17.8. The van der Waals surface area contributed by atoms with E-state index < -0.39 is 8.07 Å². The van der Waals surface area contributed by atoms with Gasteiger partial charge >= 0.3 is 0 Å². The first-order valence-corrected chi connectivity index (χ1v) is 26.3. The van der Waals surface area contributed by atoms with Crippen LogP contribution >= 0.6 is 0 Å². The van der Waals surface area contributed by atoms with Crippen LogP contribution < -0.4 is 25.6 Å². The van der Waals surface area contributed by atoms with Crippen LogP contribution in [0.4, 0.5) is 17.1 Å². The highest BCUT2D eigenvalue weighted by Gasteiger charge is 2.48. The largest absolute Gasteiger partial charge is 0.310 e. The molecule has 1 heterocycles. The van der Waals surface area contributed by atoms with E-state index in [-0.39, 0.29) is 21.7 Å². The van der Waals surface area contributed by atoms with Crippen molar-refractivity contribution in [1.29, 1.82) is 0 Å². The number of benzene rings is 8. The van der Waals surface area contributed by atoms with Crippen LogP contribution in [0, 0.1) is 0 Å². The number of nitrogens with zero attached hydrogens (tertiary/aromatic N) is 1. The molecule has 328 valence electrons. The average molecular weight is 874 g/mol. The molecule has 8 aromatic carbocycles. The predicted molar refractivity (Wildman–Crippen MR) is 285 cm³/mol. The molecule has 0 atom stereocenters. The summed E-state index contributed by atoms with van der Waals surface area (Å²) in [6.45, 7) is 19.5. The van der Waals surface area contributed by atoms with Crippen molar-refractivity contribution in [2.24, 2.45) is 0 Å². The Kier molecular flexibility index (Phi) is 9.91. The van der Waals surface area contributed by atoms with Gasteiger partial charge in [-0.2, -0.15) is 0 Å². The molecule has 2 heteroatoms. The van der Waals surface area contributed by atoms with Crippen LogP contribution in [0.5, 0.6) is 0 Å². The topological polar surface area (TPSA) is 3.24 Å². The monoisotopic (exact) mass is 873 g/mol. The summed E-state index contributed by atoms with van der Waals surface area (Å²) >= 11 is 0. The predicted octanol–water partition coefficient (Wildman–Crippen LogP) is 14.5. The maximum atomic E-state index is 2.55. The lowest BCUT2D eigenvalue weighted by molar-refractivity contribution is 0.332. The van der Waals surface area contributed by atoms with Gasteiger partial charge in [0.05, 0.1) is 5.69 Å². The van der Waals surface area contributed by atoms with Crippen molar-refractivity contribution >= 4 is 45.9 Å². The summed E-state index contributed by atoms with van der Waals surface area (Å²) in [7, 11) is -2.54. The van der Waals surface area contributed by atoms with Crippen molar-refractivity contribution in [3.63, 3.8) is 0 Å². The number of hydrogen-bond donors (Lipinski definition) is 0. The molecule has 8 aromatic rings. The zero-order chi connectivity index (χ0) is 45.6. The summed E-state index contributed by atoms with van der Waals surface area (Å²) in [6.07, 6.45) is 4.75. The molecular formula is C64H63NSi. The minimum absolute atomic E-state index is 0.0207. The van der Waals surface area contributed by atoms with Crippen molar-refractivity contribution in [3.8, 4) is 33.4 Å². The second kappa shape index (κ2) is 15.4. The molecule has 11 rings (SSSR count). The van der Waals surface area contributed by atoms with Crippen molar-refractivity contribution in [2.75, 3.05) is 4.90 Å². The molecular weight excluding hydrogens is 811 g/mol. The third-order valence-electron chi connectivity index (χ3n) is 16.3. The Morgan fingerprint density at radius 2 is 0.879 bits per heavy atom. The summed E-state index contributed by atoms with van der Waals surface area (Å²) in [5.41, 5.74) is 17.7. The van der Waals surface area contributed by atoms with Crippen molar-refractivity contribution in [3.05, 3.63) is 210 Å². The fraction of sp³-hybridized carbons (Fsp3) is 0.250. The quantitative estimate of drug-likeness (QED) is 0.144. The van der Waals surface area contributed by atoms with Gasteiger partial charge in [0, 0.05) is 11.4 Å². The van der Waals surface area contributed by atoms with Crippen LogP contribution in [0.2, 0.25) is 0 Å². The summed E-state index contributed by atoms with van der Waals surface area (Å²) in [6, 6.07) is 72.2. The van der Waals surface area contributed by atoms with Gasteiger partial charge < -0.3 is 4.90 Å². The summed E-state index contributed by atoms with van der Waals surface area (Å²) in [5, 5.41) is 5.80. The van der Waals surface area contributed by atoms with Gasteiger partial charge in [0.25, 0.3) is 0 Å². The first-order chi connectivity index (χ1) is 31.7. The fourth-order valence-electron chi connectivity index (χ4n) is 12.3. The van der Waals surface area contributed by atoms with E-state index in [4.69, 9.17) is 0 Å². The van der Waals surface area contributed by atoms with E-state index in [2.05, 4.69) is 248 Å². The van der Waals surface area contributed by atoms with Gasteiger partial charge in [0.15, 0.2) is 8.07 Å². The van der Waals surface area contributed by atoms with Gasteiger partial charge in [-0.15, -0.1) is 0 Å². The number of hydrogen-bond acceptors (Lipinski definition) is 1. The van der Waals surface area contributed by atoms with E-state index in [9.17, 15) is 0 Å². The number of fused-ring (bicyclic) bond motifs is 5. The van der Waals surface area contributed by atoms with E-state index in [1.165, 1.54) is 113 Å². The van der Waals surface area contributed by atoms with Gasteiger partial charge in [-0.3, -0.25) is 0 Å². The molecule has 0 amide bonds. The van der Waals surface area contributed by atoms with Crippen LogP contribution in [0.25, 0.3) is 33.4 Å². The van der Waals surface area contributed by atoms with Crippen LogP contribution in [-0.2, 0) is 21.7 Å². The SMILES string of the molecule is CC1(C)CCC(C)(C)c2cc(-c3cccc(N(c4ccc(-c5ccc6c(c5)-c5ccccc5[Si]6(c5ccccc5)c5ccccc5)cc4)c4cccc5c4C(C)(C)CCC5(C)C)c3)ccc21. The van der Waals surface area contributed by atoms with Gasteiger partial charge in [-0.05, 0) is 160 Å². The maximum Gasteiger partial charge on any atom is 0.180 e. The molecule has 0 saturated carbocycles. The Bertz CT molecular complexity index is 3090. The maximum absolute atomic E-state index is 2.55. The molecule has 0 unspecified atom stereocenters. The zero-order valence-corrected chi connectivity index (χ0v) is 41.2. The molecule has 0 N–H and O–H groups in total. The highest BCUT2D eigenvalue weighted by molar-refractivity contribution is 7.22. The fourth-order valence-corrected chi connectivity index (χ4v) is 17.5. The highest BCUT2D eigenvalue weighted by atomic mass is 28.3. The summed E-state index contributed by atoms with van der Waals surface area (Å²) < 4.78 is 0. The lowest BCUT2D eigenvalue weighted by atomic mass is 9.62. The molecule has 3 aliphatic rings. The highest BCUT2D eigenvalue weighted by Crippen LogP contribution is 2.52. The molecule has 0 fully saturated rings. The van der Waals surface area contributed by atoms with Gasteiger partial charge in [0.2, 0.25) is 0 Å². The van der Waals surface area contributed by atoms with Crippen molar-refractivity contribution in [1.82, 2.24) is 0 Å². The van der Waals surface area contributed by atoms with Crippen LogP contribution in [0.1, 0.15) is 103 Å². The average Bonchev–Trinajstić information content (AvgIpc) is 3.63. The van der Waals surface area contributed by atoms with E-state index in [0.717, 1.165) is 6.42 Å². The van der Waals surface area contributed by atoms with Gasteiger partial charge in [-0.1, -0.05) is 207 Å². The molecule has 1 nitrogen and oxygen atoms in total. The smallest absolute Gasteiger partial charge is 0.180 e. The lowest BCUT2D eigenvalue weighted by Crippen LogP contribution is -2.72. The van der Waals surface area contributed by atoms with Crippen LogP contribution in [-0.4, -0.2) is 8.07 Å². The van der Waals surface area contributed by atoms with E-state index in [1.54, 1.807) is 0 Å². The van der Waals surface area contributed by atoms with Gasteiger partial charge in [-0.25, -0.2) is 0 Å². The molecule has 2 aliphatic carbocycles. The Morgan fingerprint density at radius 1 is 0.348 bits per heavy atom.